The van der Waals surface area contributed by atoms with Gasteiger partial charge in [-0.15, -0.1) is 11.8 Å². The molecule has 0 spiro atoms. The van der Waals surface area contributed by atoms with Crippen molar-refractivity contribution in [3.63, 3.8) is 0 Å². The van der Waals surface area contributed by atoms with E-state index in [1.54, 1.807) is 12.1 Å². The molecule has 0 bridgehead atoms. The zero-order chi connectivity index (χ0) is 20.9. The van der Waals surface area contributed by atoms with Crippen LogP contribution < -0.4 is 10.6 Å². The summed E-state index contributed by atoms with van der Waals surface area (Å²) in [5, 5.41) is 5.98. The summed E-state index contributed by atoms with van der Waals surface area (Å²) in [5.41, 5.74) is 2.97. The third-order valence-corrected chi connectivity index (χ3v) is 6.55. The Bertz CT molecular complexity index is 1000. The Balaban J connectivity index is 1.42. The molecule has 2 N–H and O–H groups in total. The van der Waals surface area contributed by atoms with Gasteiger partial charge in [0.15, 0.2) is 0 Å². The van der Waals surface area contributed by atoms with E-state index in [9.17, 15) is 9.59 Å². The lowest BCUT2D eigenvalue weighted by molar-refractivity contribution is -0.124. The van der Waals surface area contributed by atoms with Crippen molar-refractivity contribution in [3.05, 3.63) is 95.0 Å². The molecule has 4 nitrogen and oxygen atoms in total. The number of hydrogen-bond donors (Lipinski definition) is 2. The van der Waals surface area contributed by atoms with Crippen LogP contribution in [0.4, 0.5) is 5.69 Å². The van der Waals surface area contributed by atoms with Gasteiger partial charge in [-0.3, -0.25) is 9.59 Å². The van der Waals surface area contributed by atoms with Crippen molar-refractivity contribution in [1.82, 2.24) is 5.32 Å². The first kappa shape index (κ1) is 20.5. The van der Waals surface area contributed by atoms with Gasteiger partial charge in [-0.25, -0.2) is 0 Å². The van der Waals surface area contributed by atoms with Crippen LogP contribution in [0.15, 0.2) is 83.8 Å². The molecule has 0 radical (unpaired) electrons. The largest absolute Gasteiger partial charge is 0.355 e. The van der Waals surface area contributed by atoms with Crippen LogP contribution in [0, 0.1) is 0 Å². The van der Waals surface area contributed by atoms with Gasteiger partial charge in [0.05, 0.1) is 10.9 Å². The van der Waals surface area contributed by atoms with Gasteiger partial charge in [-0.05, 0) is 29.3 Å². The highest BCUT2D eigenvalue weighted by Gasteiger charge is 2.29. The molecule has 1 atom stereocenters. The Morgan fingerprint density at radius 1 is 1.00 bits per heavy atom. The van der Waals surface area contributed by atoms with E-state index in [4.69, 9.17) is 11.6 Å². The minimum Gasteiger partial charge on any atom is -0.355 e. The van der Waals surface area contributed by atoms with E-state index in [0.29, 0.717) is 17.3 Å². The second-order valence-electron chi connectivity index (χ2n) is 7.12. The molecule has 0 aromatic heterocycles. The summed E-state index contributed by atoms with van der Waals surface area (Å²) in [4.78, 5) is 26.0. The van der Waals surface area contributed by atoms with Crippen LogP contribution in [0.2, 0.25) is 5.02 Å². The van der Waals surface area contributed by atoms with Crippen molar-refractivity contribution in [1.29, 1.82) is 0 Å². The molecule has 6 heteroatoms. The van der Waals surface area contributed by atoms with E-state index in [0.717, 1.165) is 16.0 Å². The Labute approximate surface area is 185 Å². The van der Waals surface area contributed by atoms with Crippen LogP contribution in [-0.4, -0.2) is 23.6 Å². The molecule has 1 aliphatic heterocycles. The van der Waals surface area contributed by atoms with Crippen LogP contribution in [0.25, 0.3) is 0 Å². The maximum Gasteiger partial charge on any atom is 0.238 e. The van der Waals surface area contributed by atoms with E-state index < -0.39 is 5.25 Å². The zero-order valence-electron chi connectivity index (χ0n) is 16.2. The maximum atomic E-state index is 12.7. The summed E-state index contributed by atoms with van der Waals surface area (Å²) >= 11 is 7.39. The van der Waals surface area contributed by atoms with E-state index >= 15 is 0 Å². The van der Waals surface area contributed by atoms with Crippen LogP contribution in [0.3, 0.4) is 0 Å². The average molecular weight is 437 g/mol. The van der Waals surface area contributed by atoms with Crippen LogP contribution in [-0.2, 0) is 9.59 Å². The van der Waals surface area contributed by atoms with Gasteiger partial charge in [0.2, 0.25) is 11.8 Å². The monoisotopic (exact) mass is 436 g/mol. The van der Waals surface area contributed by atoms with Crippen LogP contribution in [0.1, 0.15) is 23.5 Å². The molecule has 30 heavy (non-hydrogen) atoms. The number of rotatable bonds is 6. The summed E-state index contributed by atoms with van der Waals surface area (Å²) in [7, 11) is 0. The van der Waals surface area contributed by atoms with Crippen molar-refractivity contribution < 1.29 is 9.59 Å². The Kier molecular flexibility index (Phi) is 6.41. The number of halogens is 1. The van der Waals surface area contributed by atoms with Gasteiger partial charge in [-0.1, -0.05) is 72.3 Å². The topological polar surface area (TPSA) is 58.2 Å². The summed E-state index contributed by atoms with van der Waals surface area (Å²) in [6, 6.07) is 25.6. The second-order valence-corrected chi connectivity index (χ2v) is 8.80. The number of benzene rings is 3. The van der Waals surface area contributed by atoms with Crippen molar-refractivity contribution in [2.45, 2.75) is 22.5 Å². The lowest BCUT2D eigenvalue weighted by atomic mass is 9.91. The van der Waals surface area contributed by atoms with E-state index in [2.05, 4.69) is 34.9 Å². The molecule has 0 saturated heterocycles. The fourth-order valence-electron chi connectivity index (χ4n) is 3.51. The quantitative estimate of drug-likeness (QED) is 0.565. The normalized spacial score (nSPS) is 15.4. The van der Waals surface area contributed by atoms with E-state index in [-0.39, 0.29) is 24.2 Å². The summed E-state index contributed by atoms with van der Waals surface area (Å²) in [6.45, 7) is 0.470. The van der Waals surface area contributed by atoms with Gasteiger partial charge in [0, 0.05) is 28.8 Å². The van der Waals surface area contributed by atoms with Gasteiger partial charge >= 0.3 is 0 Å². The molecule has 1 unspecified atom stereocenters. The molecule has 0 aliphatic carbocycles. The summed E-state index contributed by atoms with van der Waals surface area (Å²) < 4.78 is 0. The molecule has 0 fully saturated rings. The lowest BCUT2D eigenvalue weighted by Gasteiger charge is -2.24. The third-order valence-electron chi connectivity index (χ3n) is 5.04. The predicted molar refractivity (Wildman–Crippen MR) is 122 cm³/mol. The molecule has 3 aromatic rings. The molecule has 1 aliphatic rings. The number of amides is 2. The predicted octanol–water partition coefficient (Wildman–Crippen LogP) is 5.09. The van der Waals surface area contributed by atoms with Crippen LogP contribution in [0.5, 0.6) is 0 Å². The zero-order valence-corrected chi connectivity index (χ0v) is 17.7. The Morgan fingerprint density at radius 2 is 1.63 bits per heavy atom. The molecule has 2 amide bonds. The third kappa shape index (κ3) is 4.86. The number of carbonyl (C=O) groups is 2. The first-order valence-corrected chi connectivity index (χ1v) is 11.0. The van der Waals surface area contributed by atoms with E-state index in [1.807, 2.05) is 42.5 Å². The molecular formula is C24H21ClN2O2S. The molecule has 3 aromatic carbocycles. The van der Waals surface area contributed by atoms with Crippen molar-refractivity contribution in [3.8, 4) is 0 Å². The van der Waals surface area contributed by atoms with Gasteiger partial charge < -0.3 is 10.6 Å². The number of thioether (sulfide) groups is 1. The highest BCUT2D eigenvalue weighted by Crippen LogP contribution is 2.38. The second kappa shape index (κ2) is 9.37. The van der Waals surface area contributed by atoms with Gasteiger partial charge in [0.1, 0.15) is 0 Å². The minimum absolute atomic E-state index is 0.0482. The molecule has 1 heterocycles. The summed E-state index contributed by atoms with van der Waals surface area (Å²) in [5.74, 6) is -0.267. The van der Waals surface area contributed by atoms with Crippen molar-refractivity contribution in [2.75, 3.05) is 11.9 Å². The Hall–Kier alpha value is -2.76. The van der Waals surface area contributed by atoms with Crippen LogP contribution >= 0.6 is 23.4 Å². The number of fused-ring (bicyclic) bond motifs is 1. The number of anilines is 1. The average Bonchev–Trinajstić information content (AvgIpc) is 2.76. The molecule has 4 rings (SSSR count). The first-order chi connectivity index (χ1) is 14.6. The highest BCUT2D eigenvalue weighted by atomic mass is 35.5. The van der Waals surface area contributed by atoms with Gasteiger partial charge in [0.25, 0.3) is 0 Å². The molecule has 152 valence electrons. The smallest absolute Gasteiger partial charge is 0.238 e. The van der Waals surface area contributed by atoms with E-state index in [1.165, 1.54) is 11.8 Å². The number of nitrogens with one attached hydrogen (secondary N) is 2. The van der Waals surface area contributed by atoms with Crippen molar-refractivity contribution in [2.24, 2.45) is 0 Å². The summed E-state index contributed by atoms with van der Waals surface area (Å²) in [6.07, 6.45) is 0.120. The number of carbonyl (C=O) groups excluding carboxylic acids is 2. The molecular weight excluding hydrogens is 416 g/mol. The lowest BCUT2D eigenvalue weighted by Crippen LogP contribution is -2.36. The van der Waals surface area contributed by atoms with Gasteiger partial charge in [-0.2, -0.15) is 0 Å². The first-order valence-electron chi connectivity index (χ1n) is 9.74. The fourth-order valence-corrected chi connectivity index (χ4v) is 4.78. The Morgan fingerprint density at radius 3 is 2.27 bits per heavy atom. The van der Waals surface area contributed by atoms with Crippen molar-refractivity contribution >= 4 is 40.9 Å². The number of hydrogen-bond acceptors (Lipinski definition) is 3. The standard InChI is InChI=1S/C24H21ClN2O2S/c25-18-11-12-21-20(13-18)27-24(29)22(30-21)14-23(28)26-15-19(16-7-3-1-4-8-16)17-9-5-2-6-10-17/h1-13,19,22H,14-15H2,(H,26,28)(H,27,29). The fraction of sp³-hybridized carbons (Fsp3) is 0.167. The maximum absolute atomic E-state index is 12.7. The molecule has 0 saturated carbocycles. The SMILES string of the molecule is O=C(CC1Sc2ccc(Cl)cc2NC1=O)NCC(c1ccccc1)c1ccccc1. The minimum atomic E-state index is -0.467. The highest BCUT2D eigenvalue weighted by molar-refractivity contribution is 8.01.